The fourth-order valence-corrected chi connectivity index (χ4v) is 1.98. The maximum absolute atomic E-state index is 12.6. The summed E-state index contributed by atoms with van der Waals surface area (Å²) in [6.07, 6.45) is -4.37. The first-order valence-corrected chi connectivity index (χ1v) is 8.02. The molecule has 0 radical (unpaired) electrons. The second kappa shape index (κ2) is 11.7. The van der Waals surface area contributed by atoms with E-state index in [-0.39, 0.29) is 5.69 Å². The third-order valence-corrected chi connectivity index (χ3v) is 2.69. The lowest BCUT2D eigenvalue weighted by atomic mass is 10.2. The van der Waals surface area contributed by atoms with E-state index in [0.717, 1.165) is 12.0 Å². The minimum atomic E-state index is -4.37. The van der Waals surface area contributed by atoms with Crippen molar-refractivity contribution < 1.29 is 13.2 Å². The Morgan fingerprint density at radius 1 is 1.19 bits per heavy atom. The molecule has 1 aromatic rings. The van der Waals surface area contributed by atoms with E-state index in [2.05, 4.69) is 32.5 Å². The molecule has 0 heterocycles. The van der Waals surface area contributed by atoms with Gasteiger partial charge in [-0.3, -0.25) is 4.99 Å². The van der Waals surface area contributed by atoms with Gasteiger partial charge in [0.05, 0.1) is 11.3 Å². The number of halogens is 3. The Kier molecular flexibility index (Phi) is 12.4. The Labute approximate surface area is 131 Å². The number of benzene rings is 1. The Morgan fingerprint density at radius 2 is 1.67 bits per heavy atom. The molecule has 0 amide bonds. The van der Waals surface area contributed by atoms with E-state index in [1.54, 1.807) is 6.07 Å². The van der Waals surface area contributed by atoms with Gasteiger partial charge in [0.15, 0.2) is 0 Å². The molecule has 0 saturated carbocycles. The maximum atomic E-state index is 12.6. The van der Waals surface area contributed by atoms with Crippen LogP contribution < -0.4 is 0 Å². The molecule has 0 N–H and O–H groups in total. The monoisotopic (exact) mass is 321 g/mol. The first kappa shape index (κ1) is 22.3. The van der Waals surface area contributed by atoms with Crippen LogP contribution in [0.15, 0.2) is 28.1 Å². The van der Waals surface area contributed by atoms with Gasteiger partial charge in [0.2, 0.25) is 0 Å². The topological polar surface area (TPSA) is 12.4 Å². The number of hydrogen-bond acceptors (Lipinski definition) is 2. The summed E-state index contributed by atoms with van der Waals surface area (Å²) in [7, 11) is 0. The number of aliphatic imine (C=N–C) groups is 1. The predicted octanol–water partition coefficient (Wildman–Crippen LogP) is 6.84. The Bertz CT molecular complexity index is 398. The van der Waals surface area contributed by atoms with Crippen molar-refractivity contribution in [3.63, 3.8) is 0 Å². The molecule has 0 bridgehead atoms. The zero-order valence-corrected chi connectivity index (χ0v) is 14.5. The number of rotatable bonds is 3. The molecule has 122 valence electrons. The van der Waals surface area contributed by atoms with E-state index in [1.807, 2.05) is 20.8 Å². The summed E-state index contributed by atoms with van der Waals surface area (Å²) in [5.41, 5.74) is -0.798. The second-order valence-electron chi connectivity index (χ2n) is 4.47. The lowest BCUT2D eigenvalue weighted by molar-refractivity contribution is -0.137. The summed E-state index contributed by atoms with van der Waals surface area (Å²) in [5, 5.41) is 0. The molecule has 0 aliphatic heterocycles. The van der Waals surface area contributed by atoms with Gasteiger partial charge in [-0.05, 0) is 30.5 Å². The lowest BCUT2D eigenvalue weighted by Gasteiger charge is -2.12. The van der Waals surface area contributed by atoms with Gasteiger partial charge in [-0.2, -0.15) is 13.2 Å². The maximum Gasteiger partial charge on any atom is 0.418 e. The first-order chi connectivity index (χ1) is 9.73. The van der Waals surface area contributed by atoms with Gasteiger partial charge < -0.3 is 0 Å². The van der Waals surface area contributed by atoms with Gasteiger partial charge in [0, 0.05) is 4.90 Å². The highest BCUT2D eigenvalue weighted by Crippen LogP contribution is 2.41. The average molecular weight is 321 g/mol. The van der Waals surface area contributed by atoms with E-state index in [0.29, 0.717) is 10.6 Å². The van der Waals surface area contributed by atoms with Crippen molar-refractivity contribution in [1.82, 2.24) is 0 Å². The normalized spacial score (nSPS) is 10.2. The van der Waals surface area contributed by atoms with Crippen molar-refractivity contribution in [3.8, 4) is 0 Å². The average Bonchev–Trinajstić information content (AvgIpc) is 2.39. The third kappa shape index (κ3) is 9.56. The molecule has 0 saturated heterocycles. The van der Waals surface area contributed by atoms with Gasteiger partial charge in [-0.25, -0.2) is 0 Å². The van der Waals surface area contributed by atoms with Crippen molar-refractivity contribution in [3.05, 3.63) is 23.8 Å². The highest BCUT2D eigenvalue weighted by molar-refractivity contribution is 7.99. The van der Waals surface area contributed by atoms with Gasteiger partial charge in [-0.15, -0.1) is 11.8 Å². The number of nitrogens with zero attached hydrogens (tertiary/aromatic N) is 1. The van der Waals surface area contributed by atoms with Crippen molar-refractivity contribution >= 4 is 24.2 Å². The number of para-hydroxylation sites is 1. The molecule has 1 nitrogen and oxygen atoms in total. The van der Waals surface area contributed by atoms with Crippen LogP contribution in [0.5, 0.6) is 0 Å². The summed E-state index contributed by atoms with van der Waals surface area (Å²) >= 11 is 1.32. The molecule has 0 spiro atoms. The largest absolute Gasteiger partial charge is 0.418 e. The van der Waals surface area contributed by atoms with E-state index in [9.17, 15) is 13.2 Å². The number of alkyl halides is 3. The van der Waals surface area contributed by atoms with Crippen molar-refractivity contribution in [2.45, 2.75) is 52.6 Å². The molecule has 0 unspecified atom stereocenters. The summed E-state index contributed by atoms with van der Waals surface area (Å²) in [5.74, 6) is 1.53. The van der Waals surface area contributed by atoms with Crippen molar-refractivity contribution in [2.75, 3.05) is 5.75 Å². The molecule has 0 fully saturated rings. The van der Waals surface area contributed by atoms with Crippen LogP contribution in [0, 0.1) is 5.92 Å². The van der Waals surface area contributed by atoms with Crippen LogP contribution in [-0.2, 0) is 6.18 Å². The van der Waals surface area contributed by atoms with Gasteiger partial charge in [-0.1, -0.05) is 47.6 Å². The second-order valence-corrected chi connectivity index (χ2v) is 5.78. The zero-order chi connectivity index (χ0) is 17.1. The summed E-state index contributed by atoms with van der Waals surface area (Å²) in [6.45, 7) is 15.6. The lowest BCUT2D eigenvalue weighted by Crippen LogP contribution is -2.05. The highest BCUT2D eigenvalue weighted by Gasteiger charge is 2.34. The van der Waals surface area contributed by atoms with Gasteiger partial charge in [0.25, 0.3) is 0 Å². The van der Waals surface area contributed by atoms with Gasteiger partial charge in [0.1, 0.15) is 0 Å². The quantitative estimate of drug-likeness (QED) is 0.438. The van der Waals surface area contributed by atoms with Crippen molar-refractivity contribution in [1.29, 1.82) is 0 Å². The van der Waals surface area contributed by atoms with Crippen LogP contribution in [0.4, 0.5) is 18.9 Å². The molecule has 1 aromatic carbocycles. The van der Waals surface area contributed by atoms with Crippen LogP contribution in [0.1, 0.15) is 47.1 Å². The molecule has 0 aromatic heterocycles. The fraction of sp³-hybridized carbons (Fsp3) is 0.562. The fourth-order valence-electron chi connectivity index (χ4n) is 1.19. The molecule has 21 heavy (non-hydrogen) atoms. The number of hydrogen-bond donors (Lipinski definition) is 0. The zero-order valence-electron chi connectivity index (χ0n) is 13.7. The molecule has 0 aliphatic rings. The molecular formula is C16H26F3NS. The summed E-state index contributed by atoms with van der Waals surface area (Å²) < 4.78 is 37.7. The Balaban J connectivity index is 0. The van der Waals surface area contributed by atoms with E-state index >= 15 is 0 Å². The first-order valence-electron chi connectivity index (χ1n) is 7.03. The number of thioether (sulfide) groups is 1. The minimum absolute atomic E-state index is 0.0724. The van der Waals surface area contributed by atoms with E-state index in [4.69, 9.17) is 0 Å². The SMILES string of the molecule is C=Nc1c(SCC)cccc1C(F)(F)F.CC.CC(C)C. The highest BCUT2D eigenvalue weighted by atomic mass is 32.2. The molecule has 0 aliphatic carbocycles. The Hall–Kier alpha value is -0.970. The molecule has 1 rings (SSSR count). The minimum Gasteiger partial charge on any atom is -0.263 e. The summed E-state index contributed by atoms with van der Waals surface area (Å²) in [6, 6.07) is 4.02. The van der Waals surface area contributed by atoms with Gasteiger partial charge >= 0.3 is 6.18 Å². The van der Waals surface area contributed by atoms with Crippen LogP contribution in [0.2, 0.25) is 0 Å². The van der Waals surface area contributed by atoms with E-state index < -0.39 is 11.7 Å². The van der Waals surface area contributed by atoms with Crippen LogP contribution >= 0.6 is 11.8 Å². The van der Waals surface area contributed by atoms with Crippen LogP contribution in [0.3, 0.4) is 0 Å². The standard InChI is InChI=1S/C10H10F3NS.C4H10.C2H6/c1-3-15-8-6-4-5-7(9(8)14-2)10(11,12)13;1-4(2)3;1-2/h4-6H,2-3H2,1H3;4H,1-3H3;1-2H3. The van der Waals surface area contributed by atoms with Crippen molar-refractivity contribution in [2.24, 2.45) is 10.9 Å². The van der Waals surface area contributed by atoms with Crippen LogP contribution in [-0.4, -0.2) is 12.5 Å². The molecule has 5 heteroatoms. The predicted molar refractivity (Wildman–Crippen MR) is 88.9 cm³/mol. The van der Waals surface area contributed by atoms with Crippen LogP contribution in [0.25, 0.3) is 0 Å². The smallest absolute Gasteiger partial charge is 0.263 e. The summed E-state index contributed by atoms with van der Waals surface area (Å²) in [4.78, 5) is 3.98. The Morgan fingerprint density at radius 3 is 2.00 bits per heavy atom. The molecule has 0 atom stereocenters. The third-order valence-electron chi connectivity index (χ3n) is 1.76. The molecular weight excluding hydrogens is 295 g/mol. The van der Waals surface area contributed by atoms with E-state index in [1.165, 1.54) is 17.8 Å².